The van der Waals surface area contributed by atoms with Crippen molar-refractivity contribution in [3.8, 4) is 5.75 Å². The van der Waals surface area contributed by atoms with Crippen molar-refractivity contribution in [2.45, 2.75) is 149 Å². The summed E-state index contributed by atoms with van der Waals surface area (Å²) in [7, 11) is 0. The molecule has 0 amide bonds. The van der Waals surface area contributed by atoms with Crippen molar-refractivity contribution in [3.63, 3.8) is 0 Å². The van der Waals surface area contributed by atoms with Gasteiger partial charge in [0.2, 0.25) is 0 Å². The average Bonchev–Trinajstić information content (AvgIpc) is 2.96. The number of rotatable bonds is 13. The summed E-state index contributed by atoms with van der Waals surface area (Å²) in [5.41, 5.74) is 4.17. The maximum atomic E-state index is 12.2. The molecule has 3 atom stereocenters. The Balaban J connectivity index is 2.13. The molecule has 1 aromatic rings. The van der Waals surface area contributed by atoms with E-state index in [0.29, 0.717) is 16.9 Å². The molecule has 3 fully saturated rings. The topological polar surface area (TPSA) is 121 Å². The normalized spacial score (nSPS) is 21.2. The highest BCUT2D eigenvalue weighted by atomic mass is 32.1. The first-order valence-electron chi connectivity index (χ1n) is 16.2. The van der Waals surface area contributed by atoms with E-state index in [0.717, 1.165) is 113 Å². The van der Waals surface area contributed by atoms with Crippen molar-refractivity contribution in [2.24, 2.45) is 0 Å². The fourth-order valence-corrected chi connectivity index (χ4v) is 9.05. The van der Waals surface area contributed by atoms with Crippen LogP contribution in [-0.4, -0.2) is 39.3 Å². The van der Waals surface area contributed by atoms with Gasteiger partial charge < -0.3 is 20.1 Å². The van der Waals surface area contributed by atoms with E-state index >= 15 is 0 Å². The molecule has 43 heavy (non-hydrogen) atoms. The summed E-state index contributed by atoms with van der Waals surface area (Å²) in [5, 5.41) is 27.7. The van der Waals surface area contributed by atoms with E-state index in [-0.39, 0.29) is 37.2 Å². The van der Waals surface area contributed by atoms with Crippen LogP contribution < -0.4 is 4.74 Å². The average molecular weight is 653 g/mol. The van der Waals surface area contributed by atoms with Crippen LogP contribution >= 0.6 is 37.9 Å². The quantitative estimate of drug-likeness (QED) is 0.118. The minimum atomic E-state index is -0.987. The first kappa shape index (κ1) is 34.4. The van der Waals surface area contributed by atoms with Gasteiger partial charge in [0.15, 0.2) is 0 Å². The summed E-state index contributed by atoms with van der Waals surface area (Å²) in [5.74, 6) is -2.19. The minimum absolute atomic E-state index is 0.0722. The SMILES string of the molecule is O=C(O)CC(S)c1c(OC2CCCCC2)c(C(S)CC(=O)O)c(C2CCCCC2)c(C(S)CC(=O)O)c1C1CCCCC1. The Labute approximate surface area is 272 Å². The van der Waals surface area contributed by atoms with Crippen LogP contribution in [0, 0.1) is 0 Å². The van der Waals surface area contributed by atoms with Crippen LogP contribution in [0.1, 0.15) is 171 Å². The summed E-state index contributed by atoms with van der Waals surface area (Å²) in [6.07, 6.45) is 14.2. The van der Waals surface area contributed by atoms with E-state index in [1.807, 2.05) is 0 Å². The lowest BCUT2D eigenvalue weighted by Gasteiger charge is -2.39. The van der Waals surface area contributed by atoms with E-state index in [1.54, 1.807) is 0 Å². The maximum absolute atomic E-state index is 12.2. The Morgan fingerprint density at radius 2 is 0.884 bits per heavy atom. The molecule has 7 nitrogen and oxygen atoms in total. The van der Waals surface area contributed by atoms with E-state index < -0.39 is 33.7 Å². The third-order valence-corrected chi connectivity index (χ3v) is 10.9. The standard InChI is InChI=1S/C33H48O7S3/c34-25(35)16-22(41)30-28(19-10-4-1-5-11-19)31(23(42)17-26(36)37)33(40-21-14-8-3-9-15-21)32(24(43)18-27(38)39)29(30)20-12-6-2-7-13-20/h19-24,41-43H,1-18H2,(H,34,35)(H,36,37)(H,38,39). The zero-order chi connectivity index (χ0) is 31.1. The number of ether oxygens (including phenoxy) is 1. The van der Waals surface area contributed by atoms with Crippen LogP contribution in [0.15, 0.2) is 0 Å². The Hall–Kier alpha value is -1.52. The van der Waals surface area contributed by atoms with Crippen LogP contribution in [0.3, 0.4) is 0 Å². The molecule has 3 unspecified atom stereocenters. The maximum Gasteiger partial charge on any atom is 0.304 e. The molecule has 0 spiro atoms. The van der Waals surface area contributed by atoms with E-state index in [1.165, 1.54) is 0 Å². The molecular weight excluding hydrogens is 605 g/mol. The number of hydrogen-bond donors (Lipinski definition) is 6. The second kappa shape index (κ2) is 16.2. The van der Waals surface area contributed by atoms with Gasteiger partial charge in [-0.1, -0.05) is 44.9 Å². The van der Waals surface area contributed by atoms with Gasteiger partial charge in [-0.05, 0) is 79.9 Å². The van der Waals surface area contributed by atoms with Crippen molar-refractivity contribution >= 4 is 55.8 Å². The van der Waals surface area contributed by atoms with Gasteiger partial charge in [0.1, 0.15) is 5.75 Å². The Bertz CT molecular complexity index is 1070. The highest BCUT2D eigenvalue weighted by molar-refractivity contribution is 7.81. The van der Waals surface area contributed by atoms with Crippen LogP contribution in [0.4, 0.5) is 0 Å². The molecule has 3 saturated carbocycles. The summed E-state index contributed by atoms with van der Waals surface area (Å²) >= 11 is 14.8. The van der Waals surface area contributed by atoms with Gasteiger partial charge in [-0.15, -0.1) is 0 Å². The summed E-state index contributed by atoms with van der Waals surface area (Å²) < 4.78 is 6.98. The van der Waals surface area contributed by atoms with Gasteiger partial charge in [-0.3, -0.25) is 14.4 Å². The van der Waals surface area contributed by atoms with E-state index in [9.17, 15) is 29.7 Å². The molecular formula is C33H48O7S3. The van der Waals surface area contributed by atoms with Crippen molar-refractivity contribution in [1.82, 2.24) is 0 Å². The third-order valence-electron chi connectivity index (χ3n) is 9.62. The Morgan fingerprint density at radius 3 is 1.23 bits per heavy atom. The van der Waals surface area contributed by atoms with Crippen molar-refractivity contribution in [1.29, 1.82) is 0 Å². The number of carbonyl (C=O) groups is 3. The van der Waals surface area contributed by atoms with Gasteiger partial charge in [0, 0.05) is 26.9 Å². The number of thiol groups is 3. The van der Waals surface area contributed by atoms with Gasteiger partial charge in [-0.2, -0.15) is 37.9 Å². The van der Waals surface area contributed by atoms with E-state index in [2.05, 4.69) is 0 Å². The summed E-state index contributed by atoms with van der Waals surface area (Å²) in [6.45, 7) is 0. The monoisotopic (exact) mass is 652 g/mol. The largest absolute Gasteiger partial charge is 0.490 e. The lowest BCUT2D eigenvalue weighted by Crippen LogP contribution is -2.26. The second-order valence-electron chi connectivity index (χ2n) is 12.8. The molecule has 0 bridgehead atoms. The van der Waals surface area contributed by atoms with Gasteiger partial charge in [-0.25, -0.2) is 0 Å². The highest BCUT2D eigenvalue weighted by Gasteiger charge is 2.39. The summed E-state index contributed by atoms with van der Waals surface area (Å²) in [6, 6.07) is 0. The molecule has 3 aliphatic carbocycles. The molecule has 3 aliphatic rings. The molecule has 4 rings (SSSR count). The smallest absolute Gasteiger partial charge is 0.304 e. The number of benzene rings is 1. The van der Waals surface area contributed by atoms with Crippen LogP contribution in [0.25, 0.3) is 0 Å². The predicted octanol–water partition coefficient (Wildman–Crippen LogP) is 8.83. The number of hydrogen-bond acceptors (Lipinski definition) is 7. The van der Waals surface area contributed by atoms with Crippen molar-refractivity contribution in [3.05, 3.63) is 27.8 Å². The highest BCUT2D eigenvalue weighted by Crippen LogP contribution is 2.56. The first-order chi connectivity index (χ1) is 20.6. The zero-order valence-corrected chi connectivity index (χ0v) is 27.7. The van der Waals surface area contributed by atoms with Crippen LogP contribution in [-0.2, 0) is 14.4 Å². The molecule has 240 valence electrons. The fourth-order valence-electron chi connectivity index (χ4n) is 7.79. The molecule has 0 radical (unpaired) electrons. The lowest BCUT2D eigenvalue weighted by atomic mass is 9.70. The van der Waals surface area contributed by atoms with E-state index in [4.69, 9.17) is 42.6 Å². The second-order valence-corrected chi connectivity index (χ2v) is 14.7. The fraction of sp³-hybridized carbons (Fsp3) is 0.727. The summed E-state index contributed by atoms with van der Waals surface area (Å²) in [4.78, 5) is 36.4. The van der Waals surface area contributed by atoms with Gasteiger partial charge in [0.05, 0.1) is 25.4 Å². The molecule has 1 aromatic carbocycles. The van der Waals surface area contributed by atoms with Crippen LogP contribution in [0.2, 0.25) is 0 Å². The number of carboxylic acid groups (broad SMARTS) is 3. The van der Waals surface area contributed by atoms with Crippen molar-refractivity contribution < 1.29 is 34.4 Å². The number of aliphatic carboxylic acids is 3. The Kier molecular flexibility index (Phi) is 12.9. The Morgan fingerprint density at radius 1 is 0.558 bits per heavy atom. The third kappa shape index (κ3) is 8.81. The lowest BCUT2D eigenvalue weighted by molar-refractivity contribution is -0.138. The van der Waals surface area contributed by atoms with Gasteiger partial charge >= 0.3 is 17.9 Å². The molecule has 0 saturated heterocycles. The zero-order valence-electron chi connectivity index (χ0n) is 25.0. The molecule has 10 heteroatoms. The molecule has 3 N–H and O–H groups in total. The molecule has 0 aliphatic heterocycles. The predicted molar refractivity (Wildman–Crippen MR) is 178 cm³/mol. The van der Waals surface area contributed by atoms with Gasteiger partial charge in [0.25, 0.3) is 0 Å². The first-order valence-corrected chi connectivity index (χ1v) is 17.7. The van der Waals surface area contributed by atoms with Crippen LogP contribution in [0.5, 0.6) is 5.75 Å². The van der Waals surface area contributed by atoms with Crippen molar-refractivity contribution in [2.75, 3.05) is 0 Å². The minimum Gasteiger partial charge on any atom is -0.490 e. The number of carboxylic acids is 3. The molecule has 0 aromatic heterocycles. The molecule has 0 heterocycles.